The van der Waals surface area contributed by atoms with Gasteiger partial charge in [0, 0.05) is 30.2 Å². The normalized spacial score (nSPS) is 17.3. The molecule has 0 bridgehead atoms. The molecule has 0 saturated carbocycles. The number of nitrogens with zero attached hydrogens (tertiary/aromatic N) is 2. The molecule has 1 aliphatic rings. The Kier molecular flexibility index (Phi) is 4.16. The summed E-state index contributed by atoms with van der Waals surface area (Å²) in [7, 11) is 0. The highest BCUT2D eigenvalue weighted by Gasteiger charge is 2.33. The molecule has 0 aliphatic carbocycles. The average molecular weight is 311 g/mol. The number of para-hydroxylation sites is 1. The second kappa shape index (κ2) is 6.11. The van der Waals surface area contributed by atoms with Crippen LogP contribution in [0.3, 0.4) is 0 Å². The standard InChI is InChI=1S/C19H25N3O/c1-13(2)18-17-10-9-15(4)21(17)11-12-22(18)19(23)20-16-8-6-5-7-14(16)3/h5-10,13,18H,11-12H2,1-4H3,(H,20,23)/t18-/m1/s1. The van der Waals surface area contributed by atoms with Gasteiger partial charge in [-0.25, -0.2) is 4.79 Å². The van der Waals surface area contributed by atoms with E-state index in [4.69, 9.17) is 0 Å². The van der Waals surface area contributed by atoms with Gasteiger partial charge in [0.25, 0.3) is 0 Å². The number of hydrogen-bond donors (Lipinski definition) is 1. The van der Waals surface area contributed by atoms with Gasteiger partial charge in [0.1, 0.15) is 0 Å². The summed E-state index contributed by atoms with van der Waals surface area (Å²) >= 11 is 0. The third-order valence-corrected chi connectivity index (χ3v) is 4.72. The van der Waals surface area contributed by atoms with E-state index in [1.165, 1.54) is 11.4 Å². The molecule has 4 nitrogen and oxygen atoms in total. The van der Waals surface area contributed by atoms with Crippen LogP contribution in [0.15, 0.2) is 36.4 Å². The molecule has 0 radical (unpaired) electrons. The fraction of sp³-hybridized carbons (Fsp3) is 0.421. The van der Waals surface area contributed by atoms with Crippen LogP contribution in [0.4, 0.5) is 10.5 Å². The quantitative estimate of drug-likeness (QED) is 0.879. The van der Waals surface area contributed by atoms with Gasteiger partial charge in [-0.1, -0.05) is 32.0 Å². The summed E-state index contributed by atoms with van der Waals surface area (Å²) < 4.78 is 2.34. The molecular weight excluding hydrogens is 286 g/mol. The molecule has 122 valence electrons. The first-order chi connectivity index (χ1) is 11.0. The highest BCUT2D eigenvalue weighted by atomic mass is 16.2. The minimum Gasteiger partial charge on any atom is -0.345 e. The van der Waals surface area contributed by atoms with E-state index in [0.29, 0.717) is 5.92 Å². The van der Waals surface area contributed by atoms with Crippen LogP contribution in [0.2, 0.25) is 0 Å². The third-order valence-electron chi connectivity index (χ3n) is 4.72. The van der Waals surface area contributed by atoms with Gasteiger partial charge < -0.3 is 14.8 Å². The Labute approximate surface area is 138 Å². The van der Waals surface area contributed by atoms with Crippen molar-refractivity contribution in [2.24, 2.45) is 5.92 Å². The van der Waals surface area contributed by atoms with Gasteiger partial charge in [0.2, 0.25) is 0 Å². The SMILES string of the molecule is Cc1ccccc1NC(=O)N1CCn2c(C)ccc2[C@H]1C(C)C. The number of anilines is 1. The molecule has 3 rings (SSSR count). The fourth-order valence-electron chi connectivity index (χ4n) is 3.49. The van der Waals surface area contributed by atoms with E-state index in [2.05, 4.69) is 42.8 Å². The van der Waals surface area contributed by atoms with Gasteiger partial charge in [-0.15, -0.1) is 0 Å². The summed E-state index contributed by atoms with van der Waals surface area (Å²) in [5, 5.41) is 3.08. The Hall–Kier alpha value is -2.23. The van der Waals surface area contributed by atoms with Crippen molar-refractivity contribution in [3.05, 3.63) is 53.3 Å². The van der Waals surface area contributed by atoms with Crippen LogP contribution in [-0.2, 0) is 6.54 Å². The Morgan fingerprint density at radius 2 is 1.87 bits per heavy atom. The van der Waals surface area contributed by atoms with Gasteiger partial charge in [-0.05, 0) is 43.5 Å². The average Bonchev–Trinajstić information content (AvgIpc) is 2.90. The largest absolute Gasteiger partial charge is 0.345 e. The minimum atomic E-state index is -0.0110. The molecule has 1 aromatic heterocycles. The van der Waals surface area contributed by atoms with E-state index in [9.17, 15) is 4.79 Å². The van der Waals surface area contributed by atoms with Crippen LogP contribution in [0, 0.1) is 19.8 Å². The van der Waals surface area contributed by atoms with Crippen molar-refractivity contribution in [3.63, 3.8) is 0 Å². The molecule has 0 saturated heterocycles. The van der Waals surface area contributed by atoms with E-state index in [0.717, 1.165) is 24.3 Å². The topological polar surface area (TPSA) is 37.3 Å². The number of nitrogens with one attached hydrogen (secondary N) is 1. The zero-order chi connectivity index (χ0) is 16.6. The molecule has 1 N–H and O–H groups in total. The van der Waals surface area contributed by atoms with Crippen molar-refractivity contribution in [2.75, 3.05) is 11.9 Å². The lowest BCUT2D eigenvalue weighted by Gasteiger charge is -2.39. The lowest BCUT2D eigenvalue weighted by molar-refractivity contribution is 0.143. The number of hydrogen-bond acceptors (Lipinski definition) is 1. The molecule has 1 atom stereocenters. The van der Waals surface area contributed by atoms with Crippen molar-refractivity contribution >= 4 is 11.7 Å². The highest BCUT2D eigenvalue weighted by Crippen LogP contribution is 2.34. The first kappa shape index (κ1) is 15.7. The Morgan fingerprint density at radius 1 is 1.13 bits per heavy atom. The first-order valence-electron chi connectivity index (χ1n) is 8.28. The van der Waals surface area contributed by atoms with Gasteiger partial charge in [-0.2, -0.15) is 0 Å². The second-order valence-corrected chi connectivity index (χ2v) is 6.68. The zero-order valence-electron chi connectivity index (χ0n) is 14.3. The van der Waals surface area contributed by atoms with Crippen molar-refractivity contribution in [3.8, 4) is 0 Å². The molecule has 1 aromatic carbocycles. The maximum Gasteiger partial charge on any atom is 0.322 e. The molecule has 2 heterocycles. The lowest BCUT2D eigenvalue weighted by Crippen LogP contribution is -2.46. The number of rotatable bonds is 2. The summed E-state index contributed by atoms with van der Waals surface area (Å²) in [4.78, 5) is 14.8. The Balaban J connectivity index is 1.87. The number of carbonyl (C=O) groups excluding carboxylic acids is 1. The van der Waals surface area contributed by atoms with Crippen LogP contribution in [0.1, 0.15) is 36.8 Å². The summed E-state index contributed by atoms with van der Waals surface area (Å²) in [6, 6.07) is 12.3. The van der Waals surface area contributed by atoms with Crippen LogP contribution in [0.5, 0.6) is 0 Å². The van der Waals surface area contributed by atoms with Crippen molar-refractivity contribution in [1.82, 2.24) is 9.47 Å². The van der Waals surface area contributed by atoms with Crippen LogP contribution in [-0.4, -0.2) is 22.0 Å². The van der Waals surface area contributed by atoms with Crippen molar-refractivity contribution < 1.29 is 4.79 Å². The van der Waals surface area contributed by atoms with Gasteiger partial charge in [0.15, 0.2) is 0 Å². The lowest BCUT2D eigenvalue weighted by atomic mass is 9.97. The van der Waals surface area contributed by atoms with E-state index in [-0.39, 0.29) is 12.1 Å². The first-order valence-corrected chi connectivity index (χ1v) is 8.28. The predicted octanol–water partition coefficient (Wildman–Crippen LogP) is 4.35. The molecule has 0 unspecified atom stereocenters. The Morgan fingerprint density at radius 3 is 2.57 bits per heavy atom. The van der Waals surface area contributed by atoms with E-state index < -0.39 is 0 Å². The second-order valence-electron chi connectivity index (χ2n) is 6.68. The monoisotopic (exact) mass is 311 g/mol. The molecule has 23 heavy (non-hydrogen) atoms. The number of urea groups is 1. The maximum absolute atomic E-state index is 12.9. The number of amides is 2. The number of carbonyl (C=O) groups is 1. The molecule has 0 spiro atoms. The molecule has 2 aromatic rings. The van der Waals surface area contributed by atoms with Gasteiger partial charge >= 0.3 is 6.03 Å². The molecule has 0 fully saturated rings. The van der Waals surface area contributed by atoms with Gasteiger partial charge in [0.05, 0.1) is 6.04 Å². The molecule has 4 heteroatoms. The highest BCUT2D eigenvalue weighted by molar-refractivity contribution is 5.90. The Bertz CT molecular complexity index is 717. The van der Waals surface area contributed by atoms with E-state index >= 15 is 0 Å². The molecular formula is C19H25N3O. The summed E-state index contributed by atoms with van der Waals surface area (Å²) in [6.45, 7) is 10.1. The van der Waals surface area contributed by atoms with Crippen LogP contribution >= 0.6 is 0 Å². The summed E-state index contributed by atoms with van der Waals surface area (Å²) in [6.07, 6.45) is 0. The van der Waals surface area contributed by atoms with Crippen molar-refractivity contribution in [1.29, 1.82) is 0 Å². The van der Waals surface area contributed by atoms with E-state index in [1.807, 2.05) is 36.1 Å². The van der Waals surface area contributed by atoms with Crippen molar-refractivity contribution in [2.45, 2.75) is 40.3 Å². The summed E-state index contributed by atoms with van der Waals surface area (Å²) in [5.41, 5.74) is 4.48. The predicted molar refractivity (Wildman–Crippen MR) is 93.7 cm³/mol. The number of aromatic nitrogens is 1. The number of aryl methyl sites for hydroxylation is 2. The van der Waals surface area contributed by atoms with Crippen LogP contribution < -0.4 is 5.32 Å². The van der Waals surface area contributed by atoms with Crippen LogP contribution in [0.25, 0.3) is 0 Å². The smallest absolute Gasteiger partial charge is 0.322 e. The summed E-state index contributed by atoms with van der Waals surface area (Å²) in [5.74, 6) is 0.367. The number of benzene rings is 1. The minimum absolute atomic E-state index is 0.0110. The molecule has 1 aliphatic heterocycles. The molecule has 2 amide bonds. The van der Waals surface area contributed by atoms with Gasteiger partial charge in [-0.3, -0.25) is 0 Å². The zero-order valence-corrected chi connectivity index (χ0v) is 14.3. The fourth-order valence-corrected chi connectivity index (χ4v) is 3.49. The maximum atomic E-state index is 12.9. The third kappa shape index (κ3) is 2.85. The van der Waals surface area contributed by atoms with E-state index in [1.54, 1.807) is 0 Å². The number of fused-ring (bicyclic) bond motifs is 1.